The van der Waals surface area contributed by atoms with Crippen LogP contribution in [0.4, 0.5) is 0 Å². The van der Waals surface area contributed by atoms with Crippen molar-refractivity contribution in [2.75, 3.05) is 6.61 Å². The van der Waals surface area contributed by atoms with Gasteiger partial charge in [-0.05, 0) is 11.6 Å². The summed E-state index contributed by atoms with van der Waals surface area (Å²) >= 11 is 0. The molecule has 0 aliphatic carbocycles. The molecule has 4 nitrogen and oxygen atoms in total. The molecule has 19 heavy (non-hydrogen) atoms. The van der Waals surface area contributed by atoms with E-state index in [4.69, 9.17) is 9.84 Å². The fourth-order valence-corrected chi connectivity index (χ4v) is 2.29. The number of aliphatic hydroxyl groups is 2. The van der Waals surface area contributed by atoms with Crippen molar-refractivity contribution in [2.45, 2.75) is 18.6 Å². The second kappa shape index (κ2) is 4.99. The predicted octanol–water partition coefficient (Wildman–Crippen LogP) is 1.46. The fraction of sp³-hybridized carbons (Fsp3) is 0.267. The number of hydrogen-bond donors (Lipinski definition) is 2. The molecule has 2 aromatic rings. The standard InChI is InChI=1S/C15H15NO3/c17-9-13-7-11-6-12(8-16-15(11)19-13)14(18)10-4-2-1-3-5-10/h1-6,8,13-14,17-18H,7,9H2. The number of ether oxygens (including phenoxy) is 1. The molecule has 0 amide bonds. The summed E-state index contributed by atoms with van der Waals surface area (Å²) < 4.78 is 5.45. The highest BCUT2D eigenvalue weighted by molar-refractivity contribution is 5.37. The van der Waals surface area contributed by atoms with Crippen LogP contribution in [0.15, 0.2) is 42.6 Å². The van der Waals surface area contributed by atoms with Crippen molar-refractivity contribution in [3.8, 4) is 5.88 Å². The topological polar surface area (TPSA) is 62.6 Å². The van der Waals surface area contributed by atoms with E-state index >= 15 is 0 Å². The largest absolute Gasteiger partial charge is 0.471 e. The molecule has 2 unspecified atom stereocenters. The monoisotopic (exact) mass is 257 g/mol. The Morgan fingerprint density at radius 1 is 1.26 bits per heavy atom. The van der Waals surface area contributed by atoms with Gasteiger partial charge in [-0.1, -0.05) is 30.3 Å². The van der Waals surface area contributed by atoms with Crippen molar-refractivity contribution in [3.63, 3.8) is 0 Å². The summed E-state index contributed by atoms with van der Waals surface area (Å²) in [7, 11) is 0. The number of aromatic nitrogens is 1. The van der Waals surface area contributed by atoms with Gasteiger partial charge >= 0.3 is 0 Å². The summed E-state index contributed by atoms with van der Waals surface area (Å²) in [6.45, 7) is -0.0209. The first-order chi connectivity index (χ1) is 9.28. The van der Waals surface area contributed by atoms with Crippen LogP contribution in [0.3, 0.4) is 0 Å². The molecular weight excluding hydrogens is 242 g/mol. The van der Waals surface area contributed by atoms with Crippen LogP contribution >= 0.6 is 0 Å². The summed E-state index contributed by atoms with van der Waals surface area (Å²) in [5.74, 6) is 0.558. The molecule has 0 saturated carbocycles. The molecule has 1 aromatic heterocycles. The molecule has 0 spiro atoms. The van der Waals surface area contributed by atoms with Gasteiger partial charge in [0.05, 0.1) is 6.61 Å². The van der Waals surface area contributed by atoms with Crippen LogP contribution in [0.2, 0.25) is 0 Å². The maximum Gasteiger partial charge on any atom is 0.217 e. The number of rotatable bonds is 3. The Bertz CT molecular complexity index is 571. The molecule has 2 heterocycles. The zero-order valence-corrected chi connectivity index (χ0v) is 10.4. The number of aliphatic hydroxyl groups excluding tert-OH is 2. The first-order valence-electron chi connectivity index (χ1n) is 6.27. The highest BCUT2D eigenvalue weighted by atomic mass is 16.5. The van der Waals surface area contributed by atoms with Crippen molar-refractivity contribution < 1.29 is 14.9 Å². The molecular formula is C15H15NO3. The number of nitrogens with zero attached hydrogens (tertiary/aromatic N) is 1. The lowest BCUT2D eigenvalue weighted by molar-refractivity contribution is 0.131. The number of hydrogen-bond acceptors (Lipinski definition) is 4. The summed E-state index contributed by atoms with van der Waals surface area (Å²) in [5, 5.41) is 19.4. The third-order valence-electron chi connectivity index (χ3n) is 3.31. The predicted molar refractivity (Wildman–Crippen MR) is 69.9 cm³/mol. The van der Waals surface area contributed by atoms with Gasteiger partial charge in [0.2, 0.25) is 5.88 Å². The van der Waals surface area contributed by atoms with Crippen molar-refractivity contribution >= 4 is 0 Å². The van der Waals surface area contributed by atoms with E-state index < -0.39 is 6.10 Å². The normalized spacial score (nSPS) is 18.7. The van der Waals surface area contributed by atoms with E-state index in [1.165, 1.54) is 0 Å². The minimum atomic E-state index is -0.688. The number of pyridine rings is 1. The molecule has 3 rings (SSSR count). The first kappa shape index (κ1) is 12.1. The van der Waals surface area contributed by atoms with Crippen LogP contribution in [0.25, 0.3) is 0 Å². The summed E-state index contributed by atoms with van der Waals surface area (Å²) in [6, 6.07) is 11.4. The Balaban J connectivity index is 1.88. The zero-order chi connectivity index (χ0) is 13.2. The minimum absolute atomic E-state index is 0.0209. The first-order valence-corrected chi connectivity index (χ1v) is 6.27. The van der Waals surface area contributed by atoms with Crippen molar-refractivity contribution in [3.05, 3.63) is 59.3 Å². The third kappa shape index (κ3) is 2.32. The van der Waals surface area contributed by atoms with Gasteiger partial charge in [-0.15, -0.1) is 0 Å². The summed E-state index contributed by atoms with van der Waals surface area (Å²) in [5.41, 5.74) is 2.51. The molecule has 1 aliphatic heterocycles. The van der Waals surface area contributed by atoms with Gasteiger partial charge in [-0.2, -0.15) is 0 Å². The van der Waals surface area contributed by atoms with Gasteiger partial charge in [-0.3, -0.25) is 0 Å². The minimum Gasteiger partial charge on any atom is -0.471 e. The molecule has 0 radical (unpaired) electrons. The van der Waals surface area contributed by atoms with Gasteiger partial charge < -0.3 is 14.9 Å². The van der Waals surface area contributed by atoms with E-state index in [-0.39, 0.29) is 12.7 Å². The highest BCUT2D eigenvalue weighted by Crippen LogP contribution is 2.30. The molecule has 0 fully saturated rings. The van der Waals surface area contributed by atoms with Gasteiger partial charge in [0.1, 0.15) is 12.2 Å². The van der Waals surface area contributed by atoms with Gasteiger partial charge in [0.15, 0.2) is 0 Å². The lowest BCUT2D eigenvalue weighted by atomic mass is 10.0. The number of benzene rings is 1. The van der Waals surface area contributed by atoms with Crippen molar-refractivity contribution in [2.24, 2.45) is 0 Å². The Labute approximate surface area is 111 Å². The molecule has 98 valence electrons. The molecule has 4 heteroatoms. The van der Waals surface area contributed by atoms with E-state index in [1.807, 2.05) is 36.4 Å². The quantitative estimate of drug-likeness (QED) is 0.873. The second-order valence-electron chi connectivity index (χ2n) is 4.67. The maximum atomic E-state index is 10.3. The Hall–Kier alpha value is -1.91. The smallest absolute Gasteiger partial charge is 0.217 e. The Morgan fingerprint density at radius 3 is 2.79 bits per heavy atom. The summed E-state index contributed by atoms with van der Waals surface area (Å²) in [6.07, 6.45) is 1.35. The molecule has 2 N–H and O–H groups in total. The highest BCUT2D eigenvalue weighted by Gasteiger charge is 2.24. The molecule has 2 atom stereocenters. The lowest BCUT2D eigenvalue weighted by Crippen LogP contribution is -2.17. The van der Waals surface area contributed by atoms with Gasteiger partial charge in [0.25, 0.3) is 0 Å². The molecule has 0 bridgehead atoms. The van der Waals surface area contributed by atoms with Crippen molar-refractivity contribution in [1.82, 2.24) is 4.98 Å². The average Bonchev–Trinajstić information content (AvgIpc) is 2.89. The van der Waals surface area contributed by atoms with Gasteiger partial charge in [-0.25, -0.2) is 4.98 Å². The van der Waals surface area contributed by atoms with Crippen LogP contribution in [0.5, 0.6) is 5.88 Å². The number of fused-ring (bicyclic) bond motifs is 1. The van der Waals surface area contributed by atoms with E-state index in [0.29, 0.717) is 12.3 Å². The Kier molecular flexibility index (Phi) is 3.19. The van der Waals surface area contributed by atoms with Gasteiger partial charge in [0, 0.05) is 23.7 Å². The van der Waals surface area contributed by atoms with Crippen molar-refractivity contribution in [1.29, 1.82) is 0 Å². The van der Waals surface area contributed by atoms with E-state index in [9.17, 15) is 5.11 Å². The van der Waals surface area contributed by atoms with E-state index in [1.54, 1.807) is 6.20 Å². The zero-order valence-electron chi connectivity index (χ0n) is 10.4. The Morgan fingerprint density at radius 2 is 2.05 bits per heavy atom. The molecule has 1 aliphatic rings. The second-order valence-corrected chi connectivity index (χ2v) is 4.67. The van der Waals surface area contributed by atoms with Crippen LogP contribution in [0.1, 0.15) is 22.8 Å². The average molecular weight is 257 g/mol. The van der Waals surface area contributed by atoms with E-state index in [2.05, 4.69) is 4.98 Å². The maximum absolute atomic E-state index is 10.3. The van der Waals surface area contributed by atoms with E-state index in [0.717, 1.165) is 16.7 Å². The van der Waals surface area contributed by atoms with Crippen LogP contribution in [-0.2, 0) is 6.42 Å². The summed E-state index contributed by atoms with van der Waals surface area (Å²) in [4.78, 5) is 4.21. The van der Waals surface area contributed by atoms with Crippen LogP contribution < -0.4 is 4.74 Å². The van der Waals surface area contributed by atoms with Crippen LogP contribution in [-0.4, -0.2) is 27.9 Å². The lowest BCUT2D eigenvalue weighted by Gasteiger charge is -2.11. The third-order valence-corrected chi connectivity index (χ3v) is 3.31. The fourth-order valence-electron chi connectivity index (χ4n) is 2.29. The molecule has 1 aromatic carbocycles. The van der Waals surface area contributed by atoms with Crippen LogP contribution in [0, 0.1) is 0 Å². The molecule has 0 saturated heterocycles. The SMILES string of the molecule is OCC1Cc2cc(C(O)c3ccccc3)cnc2O1.